The number of rotatable bonds is 5. The third kappa shape index (κ3) is 11.5. The lowest BCUT2D eigenvalue weighted by molar-refractivity contribution is 0.0600. The molecule has 9 aromatic rings. The average molecular weight is 1400 g/mol. The van der Waals surface area contributed by atoms with Crippen molar-refractivity contribution in [3.63, 3.8) is 0 Å². The first-order chi connectivity index (χ1) is 48.6. The van der Waals surface area contributed by atoms with E-state index in [0.717, 1.165) is 61.4 Å². The van der Waals surface area contributed by atoms with Crippen molar-refractivity contribution in [3.8, 4) is 6.07 Å². The van der Waals surface area contributed by atoms with E-state index in [4.69, 9.17) is 34.2 Å². The van der Waals surface area contributed by atoms with E-state index < -0.39 is 22.4 Å². The summed E-state index contributed by atoms with van der Waals surface area (Å²) in [5.74, 6) is 0.193. The number of benzene rings is 5. The number of hydrogen-bond acceptors (Lipinski definition) is 23. The fraction of sp³-hybridized carbons (Fsp3) is 0.260. The highest BCUT2D eigenvalue weighted by Gasteiger charge is 2.56. The van der Waals surface area contributed by atoms with Crippen molar-refractivity contribution in [3.05, 3.63) is 217 Å². The number of anilines is 5. The molecule has 4 aromatic heterocycles. The summed E-state index contributed by atoms with van der Waals surface area (Å²) < 4.78 is 0. The lowest BCUT2D eigenvalue weighted by Gasteiger charge is -2.30. The SMILES string of the molecule is Cc1cc(N2CC[C@@]3(O)C(=O)c4cc(C)c(C)cc4N=C23)ccn1.Cc1cc2c(cc1C)C(=O)[C@]1(O)CCN(c3cnc(CO)c(Cl)c3)C1=N2.Cc1ccc2c(c1)C(=O)[C@]1(O)CCN(c3ccc4ncc(N)cc4c3)C1=N2.Cc1ccc2c(c1)C(=O)[C@]1(O)CCN(c3cnc(C#N)c(Cl)c3)C1=N2. The Bertz CT molecular complexity index is 5320. The minimum Gasteiger partial charge on any atom is -0.397 e. The van der Waals surface area contributed by atoms with E-state index >= 15 is 0 Å². The molecule has 0 spiro atoms. The van der Waals surface area contributed by atoms with Gasteiger partial charge in [-0.25, -0.2) is 25.0 Å². The Morgan fingerprint density at radius 3 is 1.32 bits per heavy atom. The molecule has 514 valence electrons. The molecule has 0 saturated carbocycles. The number of aliphatic hydroxyl groups is 5. The standard InChI is InChI=1S/C21H18N4O2.C19H18ClN3O3.C19H19N3O2.C18H13ClN4O2/c1-12-2-4-18-16(8-12)19(26)21(27)6-7-25(20(21)24-18)15-3-5-17-13(10-15)9-14(22)11-23-17;1-10-5-13-15(6-11(10)2)22-18-19(26,17(13)25)3-4-23(18)12-7-14(20)16(9-24)21-8-12;1-11-8-15-16(9-12(11)2)21-18-19(24,17(15)23)5-7-22(18)14-4-6-20-13(3)10-14;1-10-2-3-14-12(6-10)16(24)18(25)4-5-23(17(18)22-14)11-7-13(19)15(8-20)21-9-11/h2-5,8-11,27H,6-7,22H2,1H3;5-8,24,26H,3-4,9H2,1-2H3;4,6,8-10,24H,5,7H2,1-3H3;2-3,6-7,9,25H,4-5H2,1H3/t21-;2*19-;18-/m1111/s1. The monoisotopic (exact) mass is 1400 g/mol. The number of hydrogen-bond donors (Lipinski definition) is 6. The summed E-state index contributed by atoms with van der Waals surface area (Å²) in [6.07, 6.45) is 7.55. The number of halogens is 2. The Labute approximate surface area is 596 Å². The van der Waals surface area contributed by atoms with Gasteiger partial charge in [-0.1, -0.05) is 46.5 Å². The zero-order valence-electron chi connectivity index (χ0n) is 56.6. The minimum absolute atomic E-state index is 0.127. The van der Waals surface area contributed by atoms with E-state index in [1.807, 2.05) is 137 Å². The molecule has 17 rings (SSSR count). The summed E-state index contributed by atoms with van der Waals surface area (Å²) in [5.41, 5.74) is 15.5. The summed E-state index contributed by atoms with van der Waals surface area (Å²) in [7, 11) is 0. The summed E-state index contributed by atoms with van der Waals surface area (Å²) in [5, 5.41) is 63.9. The maximum Gasteiger partial charge on any atom is 0.204 e. The molecule has 25 heteroatoms. The number of carbonyl (C=O) groups excluding carboxylic acids is 4. The minimum atomic E-state index is -1.65. The quantitative estimate of drug-likeness (QED) is 0.0932. The lowest BCUT2D eigenvalue weighted by Crippen LogP contribution is -2.48. The van der Waals surface area contributed by atoms with Crippen molar-refractivity contribution in [1.82, 2.24) is 19.9 Å². The number of aromatic nitrogens is 4. The van der Waals surface area contributed by atoms with Crippen LogP contribution in [0, 0.1) is 59.8 Å². The molecule has 102 heavy (non-hydrogen) atoms. The number of nitrogens with zero attached hydrogens (tertiary/aromatic N) is 13. The molecule has 4 atom stereocenters. The van der Waals surface area contributed by atoms with E-state index in [1.54, 1.807) is 64.8 Å². The molecule has 8 aliphatic heterocycles. The molecule has 4 saturated heterocycles. The van der Waals surface area contributed by atoms with Gasteiger partial charge in [0.15, 0.2) is 28.1 Å². The summed E-state index contributed by atoms with van der Waals surface area (Å²) in [6.45, 7) is 15.2. The van der Waals surface area contributed by atoms with Crippen LogP contribution in [-0.4, -0.2) is 141 Å². The number of fused-ring (bicyclic) bond motifs is 9. The summed E-state index contributed by atoms with van der Waals surface area (Å²) >= 11 is 12.2. The number of aliphatic imine (C=N–C) groups is 4. The van der Waals surface area contributed by atoms with Gasteiger partial charge in [-0.15, -0.1) is 0 Å². The van der Waals surface area contributed by atoms with Gasteiger partial charge in [-0.3, -0.25) is 34.1 Å². The van der Waals surface area contributed by atoms with Crippen molar-refractivity contribution in [2.24, 2.45) is 20.0 Å². The number of nitrogens with two attached hydrogens (primary N) is 1. The molecule has 0 radical (unpaired) electrons. The van der Waals surface area contributed by atoms with Gasteiger partial charge < -0.3 is 50.9 Å². The second kappa shape index (κ2) is 25.7. The maximum atomic E-state index is 13.0. The van der Waals surface area contributed by atoms with Gasteiger partial charge in [0.25, 0.3) is 0 Å². The molecule has 5 aromatic carbocycles. The number of Topliss-reactive ketones (excluding diaryl/α,β-unsaturated/α-hetero) is 4. The van der Waals surface area contributed by atoms with Gasteiger partial charge >= 0.3 is 0 Å². The number of nitrogen functional groups attached to an aromatic ring is 1. The second-order valence-electron chi connectivity index (χ2n) is 26.8. The first-order valence-corrected chi connectivity index (χ1v) is 33.8. The van der Waals surface area contributed by atoms with Crippen LogP contribution in [0.15, 0.2) is 154 Å². The molecule has 12 heterocycles. The van der Waals surface area contributed by atoms with E-state index in [-0.39, 0.29) is 59.1 Å². The molecule has 0 amide bonds. The van der Waals surface area contributed by atoms with Gasteiger partial charge in [0.05, 0.1) is 86.3 Å². The predicted octanol–water partition coefficient (Wildman–Crippen LogP) is 11.4. The van der Waals surface area contributed by atoms with Crippen LogP contribution in [0.25, 0.3) is 10.9 Å². The van der Waals surface area contributed by atoms with Crippen molar-refractivity contribution < 1.29 is 44.7 Å². The van der Waals surface area contributed by atoms with E-state index in [1.165, 1.54) is 6.20 Å². The number of aliphatic hydroxyl groups excluding tert-OH is 1. The van der Waals surface area contributed by atoms with Crippen LogP contribution >= 0.6 is 23.2 Å². The van der Waals surface area contributed by atoms with Crippen LogP contribution < -0.4 is 25.3 Å². The van der Waals surface area contributed by atoms with Crippen LogP contribution in [0.5, 0.6) is 0 Å². The van der Waals surface area contributed by atoms with Gasteiger partial charge in [-0.05, 0) is 168 Å². The van der Waals surface area contributed by atoms with E-state index in [2.05, 4.69) is 39.9 Å². The Kier molecular flexibility index (Phi) is 17.2. The highest BCUT2D eigenvalue weighted by Crippen LogP contribution is 2.46. The lowest BCUT2D eigenvalue weighted by atomic mass is 9.86. The van der Waals surface area contributed by atoms with Gasteiger partial charge in [0.2, 0.25) is 23.1 Å². The van der Waals surface area contributed by atoms with Crippen LogP contribution in [0.4, 0.5) is 51.2 Å². The van der Waals surface area contributed by atoms with Gasteiger partial charge in [0, 0.05) is 103 Å². The number of ketones is 4. The average Bonchev–Trinajstić information content (AvgIpc) is 1.53. The smallest absolute Gasteiger partial charge is 0.204 e. The van der Waals surface area contributed by atoms with Crippen molar-refractivity contribution >= 4 is 132 Å². The van der Waals surface area contributed by atoms with Crippen molar-refractivity contribution in [2.75, 3.05) is 51.5 Å². The molecular formula is C77H68Cl2N14O9. The third-order valence-corrected chi connectivity index (χ3v) is 20.6. The zero-order chi connectivity index (χ0) is 72.2. The van der Waals surface area contributed by atoms with E-state index in [9.17, 15) is 44.7 Å². The fourth-order valence-corrected chi connectivity index (χ4v) is 14.5. The fourth-order valence-electron chi connectivity index (χ4n) is 14.1. The van der Waals surface area contributed by atoms with Gasteiger partial charge in [0.1, 0.15) is 29.4 Å². The number of aryl methyl sites for hydroxylation is 7. The van der Waals surface area contributed by atoms with Crippen LogP contribution in [0.1, 0.15) is 118 Å². The number of nitriles is 1. The Morgan fingerprint density at radius 1 is 0.461 bits per heavy atom. The largest absolute Gasteiger partial charge is 0.397 e. The van der Waals surface area contributed by atoms with E-state index in [0.29, 0.717) is 129 Å². The topological polar surface area (TPSA) is 333 Å². The normalized spacial score (nSPS) is 21.6. The summed E-state index contributed by atoms with van der Waals surface area (Å²) in [6, 6.07) is 35.0. The third-order valence-electron chi connectivity index (χ3n) is 20.0. The predicted molar refractivity (Wildman–Crippen MR) is 392 cm³/mol. The van der Waals surface area contributed by atoms with Crippen molar-refractivity contribution in [1.29, 1.82) is 5.26 Å². The molecule has 23 nitrogen and oxygen atoms in total. The maximum absolute atomic E-state index is 13.0. The Balaban J connectivity index is 0.000000115. The van der Waals surface area contributed by atoms with Gasteiger partial charge in [-0.2, -0.15) is 5.26 Å². The second-order valence-corrected chi connectivity index (χ2v) is 27.6. The number of carbonyl (C=O) groups is 4. The van der Waals surface area contributed by atoms with Crippen LogP contribution in [-0.2, 0) is 6.61 Å². The molecular weight excluding hydrogens is 1340 g/mol. The molecule has 0 bridgehead atoms. The Hall–Kier alpha value is -10.8. The molecule has 0 unspecified atom stereocenters. The molecule has 7 N–H and O–H groups in total. The Morgan fingerprint density at radius 2 is 0.882 bits per heavy atom. The first kappa shape index (κ1) is 68.3. The summed E-state index contributed by atoms with van der Waals surface area (Å²) in [4.78, 5) is 94.3. The first-order valence-electron chi connectivity index (χ1n) is 33.0. The highest BCUT2D eigenvalue weighted by molar-refractivity contribution is 6.34. The van der Waals surface area contributed by atoms with Crippen LogP contribution in [0.2, 0.25) is 10.0 Å². The molecule has 0 aliphatic carbocycles. The highest BCUT2D eigenvalue weighted by atomic mass is 35.5. The number of amidine groups is 4. The zero-order valence-corrected chi connectivity index (χ0v) is 58.1. The molecule has 8 aliphatic rings. The number of pyridine rings is 4. The van der Waals surface area contributed by atoms with Crippen molar-refractivity contribution in [2.45, 2.75) is 103 Å². The molecule has 4 fully saturated rings. The van der Waals surface area contributed by atoms with Crippen LogP contribution in [0.3, 0.4) is 0 Å².